The Balaban J connectivity index is 2.28. The van der Waals surface area contributed by atoms with Gasteiger partial charge in [0.05, 0.1) is 6.07 Å². The SMILES string of the molecule is N#CC(Nc1ccc(Br)cc1)c1cc(F)ccc1F. The Morgan fingerprint density at radius 2 is 1.79 bits per heavy atom. The van der Waals surface area contributed by atoms with Gasteiger partial charge in [-0.3, -0.25) is 0 Å². The van der Waals surface area contributed by atoms with Gasteiger partial charge in [-0.25, -0.2) is 8.78 Å². The largest absolute Gasteiger partial charge is 0.366 e. The smallest absolute Gasteiger partial charge is 0.143 e. The lowest BCUT2D eigenvalue weighted by Gasteiger charge is -2.14. The predicted molar refractivity (Wildman–Crippen MR) is 72.5 cm³/mol. The van der Waals surface area contributed by atoms with E-state index in [4.69, 9.17) is 5.26 Å². The van der Waals surface area contributed by atoms with Crippen molar-refractivity contribution in [1.29, 1.82) is 5.26 Å². The minimum absolute atomic E-state index is 0.00887. The van der Waals surface area contributed by atoms with Crippen LogP contribution in [0.5, 0.6) is 0 Å². The molecule has 1 unspecified atom stereocenters. The van der Waals surface area contributed by atoms with Gasteiger partial charge in [0.15, 0.2) is 0 Å². The average molecular weight is 323 g/mol. The van der Waals surface area contributed by atoms with E-state index in [2.05, 4.69) is 21.2 Å². The first-order chi connectivity index (χ1) is 9.10. The van der Waals surface area contributed by atoms with Crippen molar-refractivity contribution in [3.63, 3.8) is 0 Å². The second-order valence-corrected chi connectivity index (χ2v) is 4.79. The molecule has 1 atom stereocenters. The normalized spacial score (nSPS) is 11.7. The molecule has 96 valence electrons. The molecule has 0 amide bonds. The van der Waals surface area contributed by atoms with E-state index >= 15 is 0 Å². The first-order valence-corrected chi connectivity index (χ1v) is 6.26. The van der Waals surface area contributed by atoms with Gasteiger partial charge in [-0.05, 0) is 42.5 Å². The Kier molecular flexibility index (Phi) is 4.13. The number of hydrogen-bond donors (Lipinski definition) is 1. The second kappa shape index (κ2) is 5.81. The summed E-state index contributed by atoms with van der Waals surface area (Å²) < 4.78 is 27.6. The lowest BCUT2D eigenvalue weighted by Crippen LogP contribution is -2.10. The molecule has 0 aliphatic rings. The maximum Gasteiger partial charge on any atom is 0.143 e. The fraction of sp³-hybridized carbons (Fsp3) is 0.0714. The number of benzene rings is 2. The van der Waals surface area contributed by atoms with Crippen LogP contribution in [0.3, 0.4) is 0 Å². The summed E-state index contributed by atoms with van der Waals surface area (Å²) in [5.74, 6) is -1.19. The van der Waals surface area contributed by atoms with E-state index in [-0.39, 0.29) is 5.56 Å². The second-order valence-electron chi connectivity index (χ2n) is 3.88. The van der Waals surface area contributed by atoms with Crippen molar-refractivity contribution in [3.8, 4) is 6.07 Å². The van der Waals surface area contributed by atoms with Gasteiger partial charge >= 0.3 is 0 Å². The number of rotatable bonds is 3. The topological polar surface area (TPSA) is 35.8 Å². The van der Waals surface area contributed by atoms with Gasteiger partial charge < -0.3 is 5.32 Å². The van der Waals surface area contributed by atoms with Crippen molar-refractivity contribution in [3.05, 3.63) is 64.1 Å². The number of halogens is 3. The number of nitriles is 1. The number of hydrogen-bond acceptors (Lipinski definition) is 2. The van der Waals surface area contributed by atoms with Crippen LogP contribution in [-0.2, 0) is 0 Å². The van der Waals surface area contributed by atoms with Gasteiger partial charge in [-0.2, -0.15) is 5.26 Å². The van der Waals surface area contributed by atoms with Crippen molar-refractivity contribution in [2.75, 3.05) is 5.32 Å². The highest BCUT2D eigenvalue weighted by Gasteiger charge is 2.16. The molecule has 0 aromatic heterocycles. The third-order valence-corrected chi connectivity index (χ3v) is 3.08. The number of nitrogens with zero attached hydrogens (tertiary/aromatic N) is 1. The first kappa shape index (κ1) is 13.5. The Morgan fingerprint density at radius 3 is 2.42 bits per heavy atom. The summed E-state index contributed by atoms with van der Waals surface area (Å²) in [6, 6.07) is 11.1. The fourth-order valence-corrected chi connectivity index (χ4v) is 1.89. The van der Waals surface area contributed by atoms with E-state index < -0.39 is 17.7 Å². The molecule has 0 bridgehead atoms. The van der Waals surface area contributed by atoms with Crippen LogP contribution in [0.2, 0.25) is 0 Å². The van der Waals surface area contributed by atoms with Crippen LogP contribution in [0.25, 0.3) is 0 Å². The molecule has 0 saturated carbocycles. The summed E-state index contributed by atoms with van der Waals surface area (Å²) in [6.07, 6.45) is 0. The van der Waals surface area contributed by atoms with Crippen LogP contribution in [-0.4, -0.2) is 0 Å². The van der Waals surface area contributed by atoms with E-state index in [0.717, 1.165) is 22.7 Å². The van der Waals surface area contributed by atoms with E-state index in [1.54, 1.807) is 24.3 Å². The summed E-state index contributed by atoms with van der Waals surface area (Å²) in [7, 11) is 0. The van der Waals surface area contributed by atoms with E-state index in [1.807, 2.05) is 6.07 Å². The number of anilines is 1. The third-order valence-electron chi connectivity index (χ3n) is 2.55. The van der Waals surface area contributed by atoms with Crippen LogP contribution in [0.15, 0.2) is 46.9 Å². The molecule has 19 heavy (non-hydrogen) atoms. The highest BCUT2D eigenvalue weighted by Crippen LogP contribution is 2.23. The molecule has 0 saturated heterocycles. The fourth-order valence-electron chi connectivity index (χ4n) is 1.63. The van der Waals surface area contributed by atoms with Crippen LogP contribution in [0.1, 0.15) is 11.6 Å². The molecule has 5 heteroatoms. The molecule has 0 radical (unpaired) electrons. The molecule has 1 N–H and O–H groups in total. The van der Waals surface area contributed by atoms with Gasteiger partial charge in [0, 0.05) is 15.7 Å². The summed E-state index contributed by atoms with van der Waals surface area (Å²) in [6.45, 7) is 0. The van der Waals surface area contributed by atoms with Gasteiger partial charge in [0.25, 0.3) is 0 Å². The standard InChI is InChI=1S/C14H9BrF2N2/c15-9-1-4-11(5-2-9)19-14(8-18)12-7-10(16)3-6-13(12)17/h1-7,14,19H. The molecule has 0 heterocycles. The lowest BCUT2D eigenvalue weighted by atomic mass is 10.1. The van der Waals surface area contributed by atoms with E-state index in [0.29, 0.717) is 5.69 Å². The van der Waals surface area contributed by atoms with Crippen molar-refractivity contribution in [2.45, 2.75) is 6.04 Å². The van der Waals surface area contributed by atoms with E-state index in [9.17, 15) is 8.78 Å². The zero-order valence-electron chi connectivity index (χ0n) is 9.70. The zero-order valence-corrected chi connectivity index (χ0v) is 11.3. The molecule has 2 aromatic rings. The lowest BCUT2D eigenvalue weighted by molar-refractivity contribution is 0.583. The van der Waals surface area contributed by atoms with Crippen LogP contribution < -0.4 is 5.32 Å². The Labute approximate surface area is 117 Å². The van der Waals surface area contributed by atoms with Crippen molar-refractivity contribution >= 4 is 21.6 Å². The zero-order chi connectivity index (χ0) is 13.8. The molecule has 0 aliphatic heterocycles. The molecule has 0 aliphatic carbocycles. The Morgan fingerprint density at radius 1 is 1.11 bits per heavy atom. The molecule has 0 fully saturated rings. The maximum absolute atomic E-state index is 13.6. The highest BCUT2D eigenvalue weighted by molar-refractivity contribution is 9.10. The van der Waals surface area contributed by atoms with Gasteiger partial charge in [-0.1, -0.05) is 15.9 Å². The molecular formula is C14H9BrF2N2. The van der Waals surface area contributed by atoms with Gasteiger partial charge in [0.1, 0.15) is 17.7 Å². The summed E-state index contributed by atoms with van der Waals surface area (Å²) >= 11 is 3.29. The summed E-state index contributed by atoms with van der Waals surface area (Å²) in [5, 5.41) is 12.0. The van der Waals surface area contributed by atoms with Crippen LogP contribution in [0, 0.1) is 23.0 Å². The molecular weight excluding hydrogens is 314 g/mol. The molecule has 2 nitrogen and oxygen atoms in total. The average Bonchev–Trinajstić information content (AvgIpc) is 2.41. The summed E-state index contributed by atoms with van der Waals surface area (Å²) in [4.78, 5) is 0. The summed E-state index contributed by atoms with van der Waals surface area (Å²) in [5.41, 5.74) is 0.642. The maximum atomic E-state index is 13.6. The minimum Gasteiger partial charge on any atom is -0.366 e. The van der Waals surface area contributed by atoms with Crippen molar-refractivity contribution in [1.82, 2.24) is 0 Å². The van der Waals surface area contributed by atoms with Crippen LogP contribution >= 0.6 is 15.9 Å². The van der Waals surface area contributed by atoms with Gasteiger partial charge in [-0.15, -0.1) is 0 Å². The Bertz CT molecular complexity index is 620. The molecule has 0 spiro atoms. The predicted octanol–water partition coefficient (Wildman–Crippen LogP) is 4.40. The van der Waals surface area contributed by atoms with Crippen LogP contribution in [0.4, 0.5) is 14.5 Å². The van der Waals surface area contributed by atoms with Crippen molar-refractivity contribution in [2.24, 2.45) is 0 Å². The van der Waals surface area contributed by atoms with E-state index in [1.165, 1.54) is 0 Å². The van der Waals surface area contributed by atoms with Gasteiger partial charge in [0.2, 0.25) is 0 Å². The quantitative estimate of drug-likeness (QED) is 0.908. The third kappa shape index (κ3) is 3.30. The van der Waals surface area contributed by atoms with Crippen molar-refractivity contribution < 1.29 is 8.78 Å². The minimum atomic E-state index is -0.947. The first-order valence-electron chi connectivity index (χ1n) is 5.47. The highest BCUT2D eigenvalue weighted by atomic mass is 79.9. The molecule has 2 rings (SSSR count). The Hall–Kier alpha value is -1.93. The molecule has 2 aromatic carbocycles. The number of nitrogens with one attached hydrogen (secondary N) is 1. The monoisotopic (exact) mass is 322 g/mol.